The molecule has 0 heterocycles. The summed E-state index contributed by atoms with van der Waals surface area (Å²) in [6.45, 7) is 2.74. The van der Waals surface area contributed by atoms with Crippen LogP contribution in [0.5, 0.6) is 0 Å². The number of anilines is 2. The molecule has 0 N–H and O–H groups in total. The highest BCUT2D eigenvalue weighted by Gasteiger charge is 2.32. The SMILES string of the molecule is CCN(C(=O)N(CC)c1ccc([N+](=O)[O-])cc1[N+](=O)[O-])c1ccc([N+](=O)[O-])cc1[N+](=O)[O-]. The van der Waals surface area contributed by atoms with Gasteiger partial charge in [-0.15, -0.1) is 0 Å². The summed E-state index contributed by atoms with van der Waals surface area (Å²) in [6.07, 6.45) is 0. The first-order chi connectivity index (χ1) is 15.0. The third-order valence-corrected chi connectivity index (χ3v) is 4.41. The summed E-state index contributed by atoms with van der Waals surface area (Å²) in [7, 11) is 0. The second kappa shape index (κ2) is 9.41. The summed E-state index contributed by atoms with van der Waals surface area (Å²) in [4.78, 5) is 56.5. The summed E-state index contributed by atoms with van der Waals surface area (Å²) in [6, 6.07) is 4.56. The van der Waals surface area contributed by atoms with Crippen LogP contribution in [0.1, 0.15) is 13.8 Å². The molecular formula is C17H16N6O9. The molecule has 0 fully saturated rings. The number of urea groups is 1. The second-order valence-electron chi connectivity index (χ2n) is 6.15. The van der Waals surface area contributed by atoms with Crippen molar-refractivity contribution in [3.8, 4) is 0 Å². The first-order valence-corrected chi connectivity index (χ1v) is 8.98. The van der Waals surface area contributed by atoms with E-state index in [1.807, 2.05) is 0 Å². The van der Waals surface area contributed by atoms with Gasteiger partial charge in [0.15, 0.2) is 0 Å². The van der Waals surface area contributed by atoms with Gasteiger partial charge in [0, 0.05) is 25.2 Å². The topological polar surface area (TPSA) is 196 Å². The quantitative estimate of drug-likeness (QED) is 0.426. The standard InChI is InChI=1S/C17H16N6O9/c1-3-18(13-7-5-11(20(25)26)9-15(13)22(29)30)17(24)19(4-2)14-8-6-12(21(27)28)10-16(14)23(31)32/h5-10H,3-4H2,1-2H3. The molecule has 32 heavy (non-hydrogen) atoms. The number of hydrogen-bond acceptors (Lipinski definition) is 9. The predicted octanol–water partition coefficient (Wildman–Crippen LogP) is 3.79. The molecule has 168 valence electrons. The number of hydrogen-bond donors (Lipinski definition) is 0. The smallest absolute Gasteiger partial charge is 0.288 e. The molecule has 15 heteroatoms. The Kier molecular flexibility index (Phi) is 6.94. The number of carbonyl (C=O) groups is 1. The first-order valence-electron chi connectivity index (χ1n) is 8.98. The summed E-state index contributed by atoms with van der Waals surface area (Å²) >= 11 is 0. The fourth-order valence-corrected chi connectivity index (χ4v) is 2.96. The molecule has 0 atom stereocenters. The number of nitro benzene ring substituents is 4. The largest absolute Gasteiger partial charge is 0.329 e. The lowest BCUT2D eigenvalue weighted by Crippen LogP contribution is -2.44. The highest BCUT2D eigenvalue weighted by atomic mass is 16.6. The van der Waals surface area contributed by atoms with Gasteiger partial charge in [-0.2, -0.15) is 0 Å². The van der Waals surface area contributed by atoms with Gasteiger partial charge in [0.05, 0.1) is 31.8 Å². The molecule has 0 aromatic heterocycles. The van der Waals surface area contributed by atoms with E-state index in [9.17, 15) is 45.3 Å². The maximum Gasteiger partial charge on any atom is 0.329 e. The molecule has 2 amide bonds. The van der Waals surface area contributed by atoms with Crippen LogP contribution in [-0.4, -0.2) is 38.8 Å². The molecule has 15 nitrogen and oxygen atoms in total. The lowest BCUT2D eigenvalue weighted by molar-refractivity contribution is -0.393. The molecule has 0 radical (unpaired) electrons. The summed E-state index contributed by atoms with van der Waals surface area (Å²) < 4.78 is 0. The van der Waals surface area contributed by atoms with Crippen LogP contribution in [0.4, 0.5) is 38.9 Å². The van der Waals surface area contributed by atoms with Gasteiger partial charge in [0.25, 0.3) is 22.7 Å². The molecule has 2 aromatic carbocycles. The van der Waals surface area contributed by atoms with Gasteiger partial charge in [-0.25, -0.2) is 4.79 Å². The Hall–Kier alpha value is -4.69. The molecule has 0 spiro atoms. The zero-order chi connectivity index (χ0) is 24.2. The van der Waals surface area contributed by atoms with Crippen molar-refractivity contribution in [2.24, 2.45) is 0 Å². The normalized spacial score (nSPS) is 10.3. The van der Waals surface area contributed by atoms with E-state index in [-0.39, 0.29) is 24.5 Å². The number of benzene rings is 2. The number of nitro groups is 4. The van der Waals surface area contributed by atoms with E-state index in [1.165, 1.54) is 13.8 Å². The highest BCUT2D eigenvalue weighted by Crippen LogP contribution is 2.36. The van der Waals surface area contributed by atoms with Crippen molar-refractivity contribution < 1.29 is 24.5 Å². The Balaban J connectivity index is 2.61. The Morgan fingerprint density at radius 1 is 0.688 bits per heavy atom. The zero-order valence-electron chi connectivity index (χ0n) is 16.7. The molecule has 0 unspecified atom stereocenters. The number of rotatable bonds is 8. The van der Waals surface area contributed by atoms with Gasteiger partial charge in [0.1, 0.15) is 11.4 Å². The molecule has 0 aliphatic rings. The van der Waals surface area contributed by atoms with E-state index >= 15 is 0 Å². The molecule has 0 saturated carbocycles. The fourth-order valence-electron chi connectivity index (χ4n) is 2.96. The molecule has 0 bridgehead atoms. The molecule has 2 rings (SSSR count). The van der Waals surface area contributed by atoms with Gasteiger partial charge in [-0.3, -0.25) is 50.3 Å². The maximum absolute atomic E-state index is 13.2. The predicted molar refractivity (Wildman–Crippen MR) is 111 cm³/mol. The molecule has 0 saturated heterocycles. The Morgan fingerprint density at radius 2 is 1.03 bits per heavy atom. The monoisotopic (exact) mass is 448 g/mol. The summed E-state index contributed by atoms with van der Waals surface area (Å²) in [5, 5.41) is 44.9. The molecule has 0 aliphatic carbocycles. The van der Waals surface area contributed by atoms with Crippen LogP contribution in [0, 0.1) is 40.5 Å². The number of non-ortho nitro benzene ring substituents is 2. The van der Waals surface area contributed by atoms with Crippen molar-refractivity contribution in [1.29, 1.82) is 0 Å². The minimum Gasteiger partial charge on any atom is -0.288 e. The maximum atomic E-state index is 13.2. The minimum absolute atomic E-state index is 0.116. The van der Waals surface area contributed by atoms with Crippen LogP contribution in [0.15, 0.2) is 36.4 Å². The second-order valence-corrected chi connectivity index (χ2v) is 6.15. The van der Waals surface area contributed by atoms with E-state index in [0.717, 1.165) is 34.1 Å². The van der Waals surface area contributed by atoms with Crippen molar-refractivity contribution >= 4 is 40.2 Å². The minimum atomic E-state index is -0.899. The van der Waals surface area contributed by atoms with Crippen molar-refractivity contribution in [2.75, 3.05) is 22.9 Å². The van der Waals surface area contributed by atoms with Gasteiger partial charge >= 0.3 is 6.03 Å². The van der Waals surface area contributed by atoms with E-state index in [1.54, 1.807) is 0 Å². The third kappa shape index (κ3) is 4.55. The van der Waals surface area contributed by atoms with E-state index in [2.05, 4.69) is 0 Å². The van der Waals surface area contributed by atoms with E-state index in [0.29, 0.717) is 12.1 Å². The van der Waals surface area contributed by atoms with Gasteiger partial charge in [0.2, 0.25) is 0 Å². The number of carbonyl (C=O) groups excluding carboxylic acids is 1. The average molecular weight is 448 g/mol. The van der Waals surface area contributed by atoms with Crippen LogP contribution in [-0.2, 0) is 0 Å². The lowest BCUT2D eigenvalue weighted by Gasteiger charge is -2.28. The van der Waals surface area contributed by atoms with Crippen molar-refractivity contribution in [2.45, 2.75) is 13.8 Å². The van der Waals surface area contributed by atoms with Crippen molar-refractivity contribution in [1.82, 2.24) is 0 Å². The van der Waals surface area contributed by atoms with Gasteiger partial charge < -0.3 is 0 Å². The number of amides is 2. The third-order valence-electron chi connectivity index (χ3n) is 4.41. The average Bonchev–Trinajstić information content (AvgIpc) is 2.74. The van der Waals surface area contributed by atoms with E-state index in [4.69, 9.17) is 0 Å². The van der Waals surface area contributed by atoms with Crippen LogP contribution in [0.3, 0.4) is 0 Å². The van der Waals surface area contributed by atoms with Gasteiger partial charge in [-0.1, -0.05) is 0 Å². The first kappa shape index (κ1) is 23.6. The van der Waals surface area contributed by atoms with Crippen molar-refractivity contribution in [3.63, 3.8) is 0 Å². The number of nitrogens with zero attached hydrogens (tertiary/aromatic N) is 6. The molecule has 2 aromatic rings. The van der Waals surface area contributed by atoms with Crippen LogP contribution in [0.2, 0.25) is 0 Å². The van der Waals surface area contributed by atoms with E-state index < -0.39 is 48.5 Å². The zero-order valence-corrected chi connectivity index (χ0v) is 16.7. The van der Waals surface area contributed by atoms with Gasteiger partial charge in [-0.05, 0) is 26.0 Å². The Labute approximate surface area is 179 Å². The lowest BCUT2D eigenvalue weighted by atomic mass is 10.2. The molecule has 0 aliphatic heterocycles. The highest BCUT2D eigenvalue weighted by molar-refractivity contribution is 6.06. The summed E-state index contributed by atoms with van der Waals surface area (Å²) in [5.74, 6) is 0. The van der Waals surface area contributed by atoms with Crippen LogP contribution >= 0.6 is 0 Å². The molecular weight excluding hydrogens is 432 g/mol. The fraction of sp³-hybridized carbons (Fsp3) is 0.235. The van der Waals surface area contributed by atoms with Crippen LogP contribution in [0.25, 0.3) is 0 Å². The van der Waals surface area contributed by atoms with Crippen molar-refractivity contribution in [3.05, 3.63) is 76.9 Å². The Bertz CT molecular complexity index is 1030. The summed E-state index contributed by atoms with van der Waals surface area (Å²) in [5.41, 5.74) is -3.02. The van der Waals surface area contributed by atoms with Crippen LogP contribution < -0.4 is 9.80 Å². The Morgan fingerprint density at radius 3 is 1.28 bits per heavy atom.